The Morgan fingerprint density at radius 1 is 0.909 bits per heavy atom. The van der Waals surface area contributed by atoms with E-state index in [2.05, 4.69) is 39.1 Å². The van der Waals surface area contributed by atoms with Gasteiger partial charge in [-0.2, -0.15) is 0 Å². The normalized spacial score (nSPS) is 11.8. The maximum atomic E-state index is 5.45. The summed E-state index contributed by atoms with van der Waals surface area (Å²) in [5, 5.41) is 3.47. The van der Waals surface area contributed by atoms with Gasteiger partial charge in [-0.15, -0.1) is 0 Å². The van der Waals surface area contributed by atoms with Gasteiger partial charge in [-0.25, -0.2) is 0 Å². The van der Waals surface area contributed by atoms with Gasteiger partial charge in [0.25, 0.3) is 0 Å². The van der Waals surface area contributed by atoms with Crippen LogP contribution < -0.4 is 22.5 Å². The van der Waals surface area contributed by atoms with Gasteiger partial charge in [0.1, 0.15) is 0 Å². The molecule has 0 aliphatic heterocycles. The molecule has 134 valence electrons. The second kappa shape index (κ2) is 16.9. The zero-order valence-electron chi connectivity index (χ0n) is 15.5. The molecule has 0 saturated heterocycles. The number of nitrogens with one attached hydrogen (secondary N) is 1. The van der Waals surface area contributed by atoms with E-state index in [1.54, 1.807) is 0 Å². The number of unbranched alkanes of at least 4 members (excludes halogenated alkanes) is 2. The molecule has 0 aromatic heterocycles. The molecule has 0 bridgehead atoms. The fourth-order valence-corrected chi connectivity index (χ4v) is 2.01. The number of hydrogen-bond acceptors (Lipinski definition) is 4. The van der Waals surface area contributed by atoms with Crippen molar-refractivity contribution >= 4 is 0 Å². The lowest BCUT2D eigenvalue weighted by Crippen LogP contribution is -2.39. The van der Waals surface area contributed by atoms with Crippen molar-refractivity contribution in [1.82, 2.24) is 5.32 Å². The number of nitrogens with two attached hydrogens (primary N) is 3. The SMILES string of the molecule is CC(C)(CCCCN)NC/C=C\CN.CC(C)CCCCN. The van der Waals surface area contributed by atoms with Gasteiger partial charge in [0.05, 0.1) is 0 Å². The van der Waals surface area contributed by atoms with Gasteiger partial charge in [0, 0.05) is 18.6 Å². The zero-order valence-corrected chi connectivity index (χ0v) is 15.5. The quantitative estimate of drug-likeness (QED) is 0.329. The average molecular weight is 315 g/mol. The molecule has 0 aliphatic rings. The van der Waals surface area contributed by atoms with Crippen LogP contribution in [0.4, 0.5) is 0 Å². The third-order valence-electron chi connectivity index (χ3n) is 3.49. The summed E-state index contributed by atoms with van der Waals surface area (Å²) in [6.07, 6.45) is 11.3. The fourth-order valence-electron chi connectivity index (χ4n) is 2.01. The Morgan fingerprint density at radius 3 is 2.00 bits per heavy atom. The van der Waals surface area contributed by atoms with Crippen molar-refractivity contribution in [3.63, 3.8) is 0 Å². The Kier molecular flexibility index (Phi) is 18.4. The van der Waals surface area contributed by atoms with Gasteiger partial charge >= 0.3 is 0 Å². The predicted molar refractivity (Wildman–Crippen MR) is 101 cm³/mol. The van der Waals surface area contributed by atoms with Crippen molar-refractivity contribution < 1.29 is 0 Å². The van der Waals surface area contributed by atoms with Crippen LogP contribution in [-0.4, -0.2) is 31.7 Å². The maximum Gasteiger partial charge on any atom is 0.0140 e. The molecule has 0 aliphatic carbocycles. The van der Waals surface area contributed by atoms with E-state index < -0.39 is 0 Å². The molecular weight excluding hydrogens is 272 g/mol. The van der Waals surface area contributed by atoms with E-state index in [1.807, 2.05) is 6.08 Å². The molecule has 0 atom stereocenters. The van der Waals surface area contributed by atoms with E-state index in [9.17, 15) is 0 Å². The standard InChI is InChI=1S/C11H25N3.C7H17N/c1-11(2,7-3-4-8-12)14-10-6-5-9-13;1-7(2)5-3-4-6-8/h5-6,14H,3-4,7-10,12-13H2,1-2H3;7H,3-6,8H2,1-2H3/b6-5-;. The van der Waals surface area contributed by atoms with Crippen LogP contribution in [0, 0.1) is 5.92 Å². The topological polar surface area (TPSA) is 90.1 Å². The summed E-state index contributed by atoms with van der Waals surface area (Å²) >= 11 is 0. The van der Waals surface area contributed by atoms with Crippen LogP contribution >= 0.6 is 0 Å². The monoisotopic (exact) mass is 314 g/mol. The minimum atomic E-state index is 0.202. The van der Waals surface area contributed by atoms with E-state index in [4.69, 9.17) is 17.2 Å². The molecule has 0 heterocycles. The van der Waals surface area contributed by atoms with Crippen molar-refractivity contribution in [2.75, 3.05) is 26.2 Å². The maximum absolute atomic E-state index is 5.45. The first-order chi connectivity index (χ1) is 10.4. The predicted octanol–water partition coefficient (Wildman–Crippen LogP) is 2.77. The molecule has 4 nitrogen and oxygen atoms in total. The van der Waals surface area contributed by atoms with Crippen molar-refractivity contribution in [2.45, 2.75) is 71.8 Å². The second-order valence-electron chi connectivity index (χ2n) is 6.90. The van der Waals surface area contributed by atoms with E-state index in [-0.39, 0.29) is 5.54 Å². The highest BCUT2D eigenvalue weighted by atomic mass is 14.9. The minimum Gasteiger partial charge on any atom is -0.330 e. The molecule has 4 heteroatoms. The summed E-state index contributed by atoms with van der Waals surface area (Å²) in [5.41, 5.74) is 16.3. The first kappa shape index (κ1) is 23.8. The number of rotatable bonds is 12. The Morgan fingerprint density at radius 2 is 1.50 bits per heavy atom. The smallest absolute Gasteiger partial charge is 0.0140 e. The molecule has 22 heavy (non-hydrogen) atoms. The van der Waals surface area contributed by atoms with Crippen LogP contribution in [0.15, 0.2) is 12.2 Å². The van der Waals surface area contributed by atoms with Gasteiger partial charge < -0.3 is 22.5 Å². The largest absolute Gasteiger partial charge is 0.330 e. The van der Waals surface area contributed by atoms with E-state index >= 15 is 0 Å². The van der Waals surface area contributed by atoms with Crippen molar-refractivity contribution in [1.29, 1.82) is 0 Å². The van der Waals surface area contributed by atoms with Gasteiger partial charge in [0.2, 0.25) is 0 Å². The summed E-state index contributed by atoms with van der Waals surface area (Å²) in [5.74, 6) is 0.849. The Hall–Kier alpha value is -0.420. The molecule has 0 rings (SSSR count). The molecule has 0 amide bonds. The molecule has 0 spiro atoms. The lowest BCUT2D eigenvalue weighted by Gasteiger charge is -2.25. The highest BCUT2D eigenvalue weighted by molar-refractivity contribution is 4.88. The Balaban J connectivity index is 0. The van der Waals surface area contributed by atoms with Crippen molar-refractivity contribution in [3.8, 4) is 0 Å². The second-order valence-corrected chi connectivity index (χ2v) is 6.90. The summed E-state index contributed by atoms with van der Waals surface area (Å²) in [6.45, 7) is 12.1. The highest BCUT2D eigenvalue weighted by Gasteiger charge is 2.14. The van der Waals surface area contributed by atoms with Crippen LogP contribution in [0.5, 0.6) is 0 Å². The third-order valence-corrected chi connectivity index (χ3v) is 3.49. The lowest BCUT2D eigenvalue weighted by atomic mass is 9.97. The van der Waals surface area contributed by atoms with E-state index in [0.717, 1.165) is 32.0 Å². The Labute approximate surface area is 139 Å². The molecule has 0 radical (unpaired) electrons. The summed E-state index contributed by atoms with van der Waals surface area (Å²) in [4.78, 5) is 0. The van der Waals surface area contributed by atoms with E-state index in [1.165, 1.54) is 32.1 Å². The zero-order chi connectivity index (χ0) is 17.3. The molecule has 7 N–H and O–H groups in total. The van der Waals surface area contributed by atoms with Gasteiger partial charge in [-0.05, 0) is 52.1 Å². The summed E-state index contributed by atoms with van der Waals surface area (Å²) < 4.78 is 0. The minimum absolute atomic E-state index is 0.202. The molecule has 0 aromatic carbocycles. The van der Waals surface area contributed by atoms with Crippen LogP contribution in [0.1, 0.15) is 66.2 Å². The van der Waals surface area contributed by atoms with Gasteiger partial charge in [0.15, 0.2) is 0 Å². The fraction of sp³-hybridized carbons (Fsp3) is 0.889. The van der Waals surface area contributed by atoms with E-state index in [0.29, 0.717) is 6.54 Å². The Bertz CT molecular complexity index is 237. The van der Waals surface area contributed by atoms with Crippen molar-refractivity contribution in [2.24, 2.45) is 23.1 Å². The van der Waals surface area contributed by atoms with Crippen molar-refractivity contribution in [3.05, 3.63) is 12.2 Å². The van der Waals surface area contributed by atoms with Crippen LogP contribution in [-0.2, 0) is 0 Å². The molecule has 0 aromatic rings. The lowest BCUT2D eigenvalue weighted by molar-refractivity contribution is 0.365. The first-order valence-electron chi connectivity index (χ1n) is 8.89. The van der Waals surface area contributed by atoms with Crippen LogP contribution in [0.2, 0.25) is 0 Å². The van der Waals surface area contributed by atoms with Gasteiger partial charge in [-0.1, -0.05) is 45.3 Å². The van der Waals surface area contributed by atoms with Crippen LogP contribution in [0.3, 0.4) is 0 Å². The number of hydrogen-bond donors (Lipinski definition) is 4. The summed E-state index contributed by atoms with van der Waals surface area (Å²) in [6, 6.07) is 0. The molecule has 0 unspecified atom stereocenters. The molecule has 0 fully saturated rings. The summed E-state index contributed by atoms with van der Waals surface area (Å²) in [7, 11) is 0. The average Bonchev–Trinajstić information content (AvgIpc) is 2.44. The highest BCUT2D eigenvalue weighted by Crippen LogP contribution is 2.11. The third kappa shape index (κ3) is 21.9. The van der Waals surface area contributed by atoms with Gasteiger partial charge in [-0.3, -0.25) is 0 Å². The van der Waals surface area contributed by atoms with Crippen LogP contribution in [0.25, 0.3) is 0 Å². The first-order valence-corrected chi connectivity index (χ1v) is 8.89. The molecule has 0 saturated carbocycles. The molecular formula is C18H42N4.